The Morgan fingerprint density at radius 3 is 2.30 bits per heavy atom. The van der Waals surface area contributed by atoms with E-state index in [1.807, 2.05) is 72.5 Å². The van der Waals surface area contributed by atoms with Gasteiger partial charge in [0.1, 0.15) is 23.7 Å². The fourth-order valence-electron chi connectivity index (χ4n) is 11.3. The molecule has 2 aliphatic heterocycles. The number of amides is 4. The maximum absolute atomic E-state index is 16.4. The summed E-state index contributed by atoms with van der Waals surface area (Å²) in [6.45, 7) is 11.1. The summed E-state index contributed by atoms with van der Waals surface area (Å²) in [5.74, 6) is -8.73. The minimum Gasteiger partial charge on any atom is -0.490 e. The van der Waals surface area contributed by atoms with Gasteiger partial charge in [0.2, 0.25) is 11.8 Å². The Morgan fingerprint density at radius 2 is 1.59 bits per heavy atom. The Bertz CT molecular complexity index is 3500. The number of aromatic carboxylic acids is 1. The molecule has 16 nitrogen and oxygen atoms in total. The maximum Gasteiger partial charge on any atom is 0.355 e. The molecule has 4 aromatic carbocycles. The van der Waals surface area contributed by atoms with Crippen molar-refractivity contribution < 1.29 is 47.7 Å². The summed E-state index contributed by atoms with van der Waals surface area (Å²) in [5.41, 5.74) is 7.94. The second-order valence-corrected chi connectivity index (χ2v) is 24.2. The van der Waals surface area contributed by atoms with E-state index >= 15 is 8.78 Å². The highest BCUT2D eigenvalue weighted by molar-refractivity contribution is 7.22. The smallest absolute Gasteiger partial charge is 0.355 e. The van der Waals surface area contributed by atoms with E-state index in [1.54, 1.807) is 76.5 Å². The molecule has 0 spiro atoms. The highest BCUT2D eigenvalue weighted by Gasteiger charge is 2.52. The molecule has 1 saturated heterocycles. The number of hydrogen-bond donors (Lipinski definition) is 5. The molecule has 7 aromatic rings. The quantitative estimate of drug-likeness (QED) is 0.0648. The van der Waals surface area contributed by atoms with Gasteiger partial charge in [-0.15, -0.1) is 11.3 Å². The van der Waals surface area contributed by atoms with Gasteiger partial charge < -0.3 is 35.4 Å². The van der Waals surface area contributed by atoms with Gasteiger partial charge >= 0.3 is 11.9 Å². The molecular weight excluding hydrogens is 1070 g/mol. The number of aliphatic hydroxyl groups is 1. The Hall–Kier alpha value is -7.68. The number of pyridine rings is 1. The molecule has 0 radical (unpaired) electrons. The number of carboxylic acids is 1. The normalized spacial score (nSPS) is 19.1. The summed E-state index contributed by atoms with van der Waals surface area (Å²) in [7, 11) is 0. The van der Waals surface area contributed by atoms with Crippen molar-refractivity contribution in [2.24, 2.45) is 11.3 Å². The van der Waals surface area contributed by atoms with Crippen LogP contribution in [0.2, 0.25) is 0 Å². The number of likely N-dealkylation sites (tertiary alicyclic amines) is 1. The average molecular weight is 1140 g/mol. The van der Waals surface area contributed by atoms with Crippen LogP contribution in [0, 0.1) is 25.2 Å². The number of nitrogens with zero attached hydrogens (tertiary/aromatic N) is 5. The fraction of sp³-hybridized carbons (Fsp3) is 0.377. The molecule has 3 aliphatic rings. The number of carboxylic acid groups (broad SMARTS) is 1. The van der Waals surface area contributed by atoms with Crippen LogP contribution in [0.25, 0.3) is 31.8 Å². The molecule has 1 aliphatic carbocycles. The van der Waals surface area contributed by atoms with Crippen LogP contribution in [0.1, 0.15) is 115 Å². The highest BCUT2D eigenvalue weighted by Crippen LogP contribution is 2.41. The van der Waals surface area contributed by atoms with Gasteiger partial charge in [0.15, 0.2) is 10.8 Å². The van der Waals surface area contributed by atoms with Crippen LogP contribution in [0.3, 0.4) is 0 Å². The van der Waals surface area contributed by atoms with E-state index in [4.69, 9.17) is 4.74 Å². The van der Waals surface area contributed by atoms with Gasteiger partial charge in [0.25, 0.3) is 11.8 Å². The molecule has 20 heteroatoms. The zero-order valence-corrected chi connectivity index (χ0v) is 47.4. The molecule has 2 fully saturated rings. The standard InChI is InChI=1S/C61H64F2N8O8S2/c1-33-42(43-25-26-50(67-51(43)57(76)77)70-28-27-37-11-9-13-44(45(37)31-70)54(73)69-59-66-46-14-7-8-16-49(46)81-59)12-10-15-48(33)79-41-23-21-39(22-24-41)61(62,63)58(78)68-53(60(4,5)6)56(75)71-30-40(72)29-47(71)55(74)65-34(2)36-17-19-38(20-18-36)52-35(3)64-32-80-52/h7-20,25-26,32,34,39-41,47,53,72H,21-24,27-31H2,1-6H3,(H,65,74)(H,68,78)(H,76,77)(H,66,69,73). The third-order valence-electron chi connectivity index (χ3n) is 15.8. The first-order chi connectivity index (χ1) is 38.6. The maximum atomic E-state index is 16.4. The largest absolute Gasteiger partial charge is 0.490 e. The number of thiazole rings is 2. The SMILES string of the molecule is Cc1ncsc1-c1ccc(C(C)NC(=O)C2CC(O)CN2C(=O)C(NC(=O)C(F)(F)C2CCC(Oc3cccc(-c4ccc(N5CCc6cccc(C(=O)Nc7nc8ccccc8s7)c6C5)nc4C(=O)O)c3C)CC2)C(C)(C)C)cc1. The van der Waals surface area contributed by atoms with Gasteiger partial charge in [-0.25, -0.2) is 19.7 Å². The number of halogens is 2. The van der Waals surface area contributed by atoms with E-state index < -0.39 is 71.3 Å². The lowest BCUT2D eigenvalue weighted by molar-refractivity contribution is -0.161. The second kappa shape index (κ2) is 23.1. The van der Waals surface area contributed by atoms with Crippen molar-refractivity contribution in [1.82, 2.24) is 30.5 Å². The molecule has 5 heterocycles. The molecule has 4 amide bonds. The van der Waals surface area contributed by atoms with E-state index in [0.29, 0.717) is 58.5 Å². The minimum atomic E-state index is -3.87. The van der Waals surface area contributed by atoms with E-state index in [2.05, 4.69) is 30.9 Å². The number of aliphatic hydroxyl groups excluding tert-OH is 1. The minimum absolute atomic E-state index is 0.0604. The molecule has 4 unspecified atom stereocenters. The zero-order chi connectivity index (χ0) is 57.5. The number of β-amino-alcohol motifs (C(OH)–C–C–N with tert-alkyl or cyclic N) is 1. The Kier molecular flexibility index (Phi) is 16.1. The third-order valence-corrected chi connectivity index (χ3v) is 17.8. The number of benzene rings is 4. The van der Waals surface area contributed by atoms with Gasteiger partial charge in [-0.3, -0.25) is 24.5 Å². The molecule has 0 bridgehead atoms. The van der Waals surface area contributed by atoms with Crippen LogP contribution < -0.4 is 25.6 Å². The van der Waals surface area contributed by atoms with Gasteiger partial charge in [-0.2, -0.15) is 8.78 Å². The first-order valence-electron chi connectivity index (χ1n) is 27.2. The Labute approximate surface area is 476 Å². The number of carbonyl (C=O) groups excluding carboxylic acids is 4. The fourth-order valence-corrected chi connectivity index (χ4v) is 12.9. The number of aryl methyl sites for hydroxylation is 1. The predicted molar refractivity (Wildman–Crippen MR) is 308 cm³/mol. The number of rotatable bonds is 15. The van der Waals surface area contributed by atoms with E-state index in [-0.39, 0.29) is 50.2 Å². The number of carbonyl (C=O) groups is 5. The van der Waals surface area contributed by atoms with Crippen molar-refractivity contribution in [2.75, 3.05) is 23.3 Å². The second-order valence-electron chi connectivity index (χ2n) is 22.4. The van der Waals surface area contributed by atoms with Crippen molar-refractivity contribution in [3.8, 4) is 27.3 Å². The van der Waals surface area contributed by atoms with Crippen LogP contribution in [-0.4, -0.2) is 103 Å². The van der Waals surface area contributed by atoms with Crippen LogP contribution in [-0.2, 0) is 27.3 Å². The Balaban J connectivity index is 0.763. The van der Waals surface area contributed by atoms with Crippen LogP contribution in [0.5, 0.6) is 5.75 Å². The lowest BCUT2D eigenvalue weighted by atomic mass is 9.81. The average Bonchev–Trinajstić information content (AvgIpc) is 4.26. The summed E-state index contributed by atoms with van der Waals surface area (Å²) in [6.07, 6.45) is -0.736. The van der Waals surface area contributed by atoms with Crippen molar-refractivity contribution in [2.45, 2.75) is 123 Å². The van der Waals surface area contributed by atoms with E-state index in [9.17, 15) is 34.2 Å². The van der Waals surface area contributed by atoms with Gasteiger partial charge in [0, 0.05) is 43.1 Å². The van der Waals surface area contributed by atoms with Gasteiger partial charge in [0.05, 0.1) is 44.5 Å². The summed E-state index contributed by atoms with van der Waals surface area (Å²) >= 11 is 2.92. The van der Waals surface area contributed by atoms with Crippen molar-refractivity contribution in [1.29, 1.82) is 0 Å². The molecule has 81 heavy (non-hydrogen) atoms. The van der Waals surface area contributed by atoms with Gasteiger partial charge in [-0.1, -0.05) is 92.8 Å². The van der Waals surface area contributed by atoms with Crippen molar-refractivity contribution in [3.05, 3.63) is 142 Å². The van der Waals surface area contributed by atoms with Crippen LogP contribution in [0.15, 0.2) is 103 Å². The number of fused-ring (bicyclic) bond motifs is 2. The van der Waals surface area contributed by atoms with Crippen molar-refractivity contribution in [3.63, 3.8) is 0 Å². The first kappa shape index (κ1) is 56.6. The lowest BCUT2D eigenvalue weighted by Gasteiger charge is -2.38. The molecular formula is C61H64F2N8O8S2. The number of aromatic nitrogens is 3. The zero-order valence-electron chi connectivity index (χ0n) is 45.8. The van der Waals surface area contributed by atoms with Crippen LogP contribution in [0.4, 0.5) is 19.7 Å². The topological polar surface area (TPSA) is 216 Å². The summed E-state index contributed by atoms with van der Waals surface area (Å²) in [5, 5.41) is 30.1. The number of nitrogens with one attached hydrogen (secondary N) is 3. The number of alkyl halides is 2. The first-order valence-corrected chi connectivity index (χ1v) is 28.9. The molecule has 1 saturated carbocycles. The summed E-state index contributed by atoms with van der Waals surface area (Å²) < 4.78 is 40.1. The monoisotopic (exact) mass is 1140 g/mol. The Morgan fingerprint density at radius 1 is 0.852 bits per heavy atom. The van der Waals surface area contributed by atoms with Crippen molar-refractivity contribution >= 4 is 73.4 Å². The van der Waals surface area contributed by atoms with E-state index in [1.165, 1.54) is 27.6 Å². The summed E-state index contributed by atoms with van der Waals surface area (Å²) in [6, 6.07) is 26.7. The third kappa shape index (κ3) is 11.9. The molecule has 4 atom stereocenters. The number of para-hydroxylation sites is 1. The predicted octanol–water partition coefficient (Wildman–Crippen LogP) is 10.6. The highest BCUT2D eigenvalue weighted by atomic mass is 32.1. The molecule has 5 N–H and O–H groups in total. The van der Waals surface area contributed by atoms with Gasteiger partial charge in [-0.05, 0) is 128 Å². The molecule has 422 valence electrons. The summed E-state index contributed by atoms with van der Waals surface area (Å²) in [4.78, 5) is 86.3. The lowest BCUT2D eigenvalue weighted by Crippen LogP contribution is -2.60. The molecule has 3 aromatic heterocycles. The van der Waals surface area contributed by atoms with Crippen LogP contribution >= 0.6 is 22.7 Å². The number of ether oxygens (including phenoxy) is 1. The number of anilines is 2. The van der Waals surface area contributed by atoms with E-state index in [0.717, 1.165) is 43.0 Å². The molecule has 10 rings (SSSR count). The number of hydrogen-bond acceptors (Lipinski definition) is 13.